The van der Waals surface area contributed by atoms with E-state index < -0.39 is 12.1 Å². The Labute approximate surface area is 170 Å². The molecule has 10 heteroatoms. The van der Waals surface area contributed by atoms with Crippen LogP contribution in [0, 0.1) is 0 Å². The maximum absolute atomic E-state index is 12.8. The number of rotatable bonds is 3. The number of amides is 1. The number of hydrogen-bond acceptors (Lipinski definition) is 4. The SMILES string of the molecule is CC(C)n1c(=O)c(C(=O)NC2CCNCC2)cc2ccccc21.O=C(O)C(F)(F)F. The molecule has 0 bridgehead atoms. The second-order valence-corrected chi connectivity index (χ2v) is 7.19. The van der Waals surface area contributed by atoms with E-state index >= 15 is 0 Å². The summed E-state index contributed by atoms with van der Waals surface area (Å²) in [6.45, 7) is 5.72. The number of carboxylic acids is 1. The minimum Gasteiger partial charge on any atom is -0.475 e. The van der Waals surface area contributed by atoms with Gasteiger partial charge in [-0.2, -0.15) is 13.2 Å². The number of hydrogen-bond donors (Lipinski definition) is 3. The summed E-state index contributed by atoms with van der Waals surface area (Å²) in [4.78, 5) is 34.3. The van der Waals surface area contributed by atoms with Crippen LogP contribution in [0.4, 0.5) is 13.2 Å². The predicted molar refractivity (Wildman–Crippen MR) is 106 cm³/mol. The average Bonchev–Trinajstić information content (AvgIpc) is 2.67. The number of nitrogens with one attached hydrogen (secondary N) is 2. The number of alkyl halides is 3. The van der Waals surface area contributed by atoms with Gasteiger partial charge >= 0.3 is 12.1 Å². The highest BCUT2D eigenvalue weighted by atomic mass is 19.4. The van der Waals surface area contributed by atoms with Crippen molar-refractivity contribution in [3.63, 3.8) is 0 Å². The van der Waals surface area contributed by atoms with E-state index in [1.807, 2.05) is 38.1 Å². The molecule has 1 amide bonds. The monoisotopic (exact) mass is 427 g/mol. The van der Waals surface area contributed by atoms with Crippen LogP contribution in [0.15, 0.2) is 35.1 Å². The van der Waals surface area contributed by atoms with Crippen molar-refractivity contribution in [2.75, 3.05) is 13.1 Å². The van der Waals surface area contributed by atoms with Crippen LogP contribution in [-0.4, -0.2) is 46.9 Å². The van der Waals surface area contributed by atoms with E-state index in [2.05, 4.69) is 10.6 Å². The Morgan fingerprint density at radius 2 is 1.77 bits per heavy atom. The Hall–Kier alpha value is -2.88. The summed E-state index contributed by atoms with van der Waals surface area (Å²) in [5, 5.41) is 14.3. The Bertz CT molecular complexity index is 964. The van der Waals surface area contributed by atoms with Gasteiger partial charge in [0.05, 0.1) is 5.52 Å². The Morgan fingerprint density at radius 3 is 2.30 bits per heavy atom. The quantitative estimate of drug-likeness (QED) is 0.699. The topological polar surface area (TPSA) is 100 Å². The summed E-state index contributed by atoms with van der Waals surface area (Å²) in [5.74, 6) is -3.02. The van der Waals surface area contributed by atoms with Crippen LogP contribution in [0.5, 0.6) is 0 Å². The van der Waals surface area contributed by atoms with Crippen molar-refractivity contribution in [2.24, 2.45) is 0 Å². The van der Waals surface area contributed by atoms with E-state index in [-0.39, 0.29) is 29.1 Å². The largest absolute Gasteiger partial charge is 0.490 e. The molecule has 7 nitrogen and oxygen atoms in total. The summed E-state index contributed by atoms with van der Waals surface area (Å²) in [6, 6.07) is 9.55. The fourth-order valence-corrected chi connectivity index (χ4v) is 3.19. The van der Waals surface area contributed by atoms with Crippen molar-refractivity contribution in [1.29, 1.82) is 0 Å². The smallest absolute Gasteiger partial charge is 0.475 e. The number of piperidine rings is 1. The Balaban J connectivity index is 0.000000396. The van der Waals surface area contributed by atoms with E-state index in [9.17, 15) is 22.8 Å². The van der Waals surface area contributed by atoms with Crippen LogP contribution in [0.25, 0.3) is 10.9 Å². The van der Waals surface area contributed by atoms with Gasteiger partial charge in [-0.1, -0.05) is 18.2 Å². The predicted octanol–water partition coefficient (Wildman–Crippen LogP) is 2.70. The third-order valence-corrected chi connectivity index (χ3v) is 4.62. The molecule has 1 fully saturated rings. The van der Waals surface area contributed by atoms with Gasteiger partial charge in [0.15, 0.2) is 0 Å². The molecule has 0 atom stereocenters. The van der Waals surface area contributed by atoms with Crippen molar-refractivity contribution >= 4 is 22.8 Å². The molecule has 164 valence electrons. The number of aromatic nitrogens is 1. The second kappa shape index (κ2) is 9.75. The van der Waals surface area contributed by atoms with E-state index in [0.29, 0.717) is 0 Å². The molecule has 2 aromatic rings. The van der Waals surface area contributed by atoms with Gasteiger partial charge in [0.1, 0.15) is 5.56 Å². The number of carbonyl (C=O) groups is 2. The van der Waals surface area contributed by atoms with Gasteiger partial charge < -0.3 is 20.3 Å². The molecule has 1 saturated heterocycles. The standard InChI is InChI=1S/C18H23N3O2.C2HF3O2/c1-12(2)21-16-6-4-3-5-13(16)11-15(18(21)23)17(22)20-14-7-9-19-10-8-14;3-2(4,5)1(6)7/h3-6,11-12,14,19H,7-10H2,1-2H3,(H,20,22);(H,6,7). The molecule has 0 aliphatic carbocycles. The van der Waals surface area contributed by atoms with Crippen LogP contribution < -0.4 is 16.2 Å². The molecule has 0 saturated carbocycles. The fourth-order valence-electron chi connectivity index (χ4n) is 3.19. The van der Waals surface area contributed by atoms with Crippen LogP contribution in [-0.2, 0) is 4.79 Å². The van der Waals surface area contributed by atoms with Crippen LogP contribution in [0.1, 0.15) is 43.1 Å². The van der Waals surface area contributed by atoms with Crippen molar-refractivity contribution in [3.05, 3.63) is 46.2 Å². The van der Waals surface area contributed by atoms with Gasteiger partial charge in [0.25, 0.3) is 11.5 Å². The highest BCUT2D eigenvalue weighted by Gasteiger charge is 2.38. The Kier molecular flexibility index (Phi) is 7.60. The summed E-state index contributed by atoms with van der Waals surface area (Å²) in [6.07, 6.45) is -3.28. The minimum atomic E-state index is -5.08. The molecule has 0 unspecified atom stereocenters. The zero-order chi connectivity index (χ0) is 22.5. The first-order chi connectivity index (χ1) is 14.0. The van der Waals surface area contributed by atoms with Gasteiger partial charge in [0, 0.05) is 12.1 Å². The third-order valence-electron chi connectivity index (χ3n) is 4.62. The van der Waals surface area contributed by atoms with Gasteiger partial charge in [-0.25, -0.2) is 4.79 Å². The zero-order valence-corrected chi connectivity index (χ0v) is 16.6. The average molecular weight is 427 g/mol. The number of carboxylic acid groups (broad SMARTS) is 1. The van der Waals surface area contributed by atoms with Gasteiger partial charge in [-0.15, -0.1) is 0 Å². The highest BCUT2D eigenvalue weighted by molar-refractivity contribution is 5.97. The Morgan fingerprint density at radius 1 is 1.20 bits per heavy atom. The molecule has 1 aliphatic rings. The van der Waals surface area contributed by atoms with Crippen molar-refractivity contribution in [1.82, 2.24) is 15.2 Å². The molecule has 1 aromatic heterocycles. The normalized spacial score (nSPS) is 14.9. The van der Waals surface area contributed by atoms with Crippen molar-refractivity contribution < 1.29 is 27.9 Å². The number of aliphatic carboxylic acids is 1. The van der Waals surface area contributed by atoms with E-state index in [1.165, 1.54) is 0 Å². The number of pyridine rings is 1. The summed E-state index contributed by atoms with van der Waals surface area (Å²) in [7, 11) is 0. The van der Waals surface area contributed by atoms with Gasteiger partial charge in [-0.3, -0.25) is 9.59 Å². The van der Waals surface area contributed by atoms with Crippen LogP contribution in [0.3, 0.4) is 0 Å². The number of fused-ring (bicyclic) bond motifs is 1. The van der Waals surface area contributed by atoms with E-state index in [4.69, 9.17) is 9.90 Å². The number of benzene rings is 1. The molecule has 1 aliphatic heterocycles. The van der Waals surface area contributed by atoms with E-state index in [0.717, 1.165) is 36.8 Å². The molecular weight excluding hydrogens is 403 g/mol. The molecular formula is C20H24F3N3O4. The van der Waals surface area contributed by atoms with Crippen LogP contribution in [0.2, 0.25) is 0 Å². The second-order valence-electron chi connectivity index (χ2n) is 7.19. The minimum absolute atomic E-state index is 0.000898. The zero-order valence-electron chi connectivity index (χ0n) is 16.6. The molecule has 30 heavy (non-hydrogen) atoms. The van der Waals surface area contributed by atoms with Gasteiger partial charge in [0.2, 0.25) is 0 Å². The lowest BCUT2D eigenvalue weighted by molar-refractivity contribution is -0.192. The first-order valence-electron chi connectivity index (χ1n) is 9.48. The molecule has 3 rings (SSSR count). The molecule has 0 radical (unpaired) electrons. The van der Waals surface area contributed by atoms with Crippen molar-refractivity contribution in [3.8, 4) is 0 Å². The lowest BCUT2D eigenvalue weighted by Gasteiger charge is -2.24. The first-order valence-corrected chi connectivity index (χ1v) is 9.48. The highest BCUT2D eigenvalue weighted by Crippen LogP contribution is 2.17. The lowest BCUT2D eigenvalue weighted by atomic mass is 10.1. The third kappa shape index (κ3) is 5.82. The maximum atomic E-state index is 12.8. The fraction of sp³-hybridized carbons (Fsp3) is 0.450. The number of carbonyl (C=O) groups excluding carboxylic acids is 1. The lowest BCUT2D eigenvalue weighted by Crippen LogP contribution is -2.44. The summed E-state index contributed by atoms with van der Waals surface area (Å²) in [5.41, 5.74) is 0.881. The first kappa shape index (κ1) is 23.4. The number of halogens is 3. The summed E-state index contributed by atoms with van der Waals surface area (Å²) < 4.78 is 33.4. The molecule has 1 aromatic carbocycles. The maximum Gasteiger partial charge on any atom is 0.490 e. The van der Waals surface area contributed by atoms with Crippen LogP contribution >= 0.6 is 0 Å². The van der Waals surface area contributed by atoms with Gasteiger partial charge in [-0.05, 0) is 57.3 Å². The molecule has 2 heterocycles. The van der Waals surface area contributed by atoms with E-state index in [1.54, 1.807) is 10.6 Å². The molecule has 3 N–H and O–H groups in total. The molecule has 0 spiro atoms. The number of para-hydroxylation sites is 1. The summed E-state index contributed by atoms with van der Waals surface area (Å²) >= 11 is 0. The number of nitrogens with zero attached hydrogens (tertiary/aromatic N) is 1. The van der Waals surface area contributed by atoms with Crippen molar-refractivity contribution in [2.45, 2.75) is 44.9 Å².